The van der Waals surface area contributed by atoms with Crippen molar-refractivity contribution in [2.24, 2.45) is 0 Å². The van der Waals surface area contributed by atoms with E-state index in [-0.39, 0.29) is 31.2 Å². The summed E-state index contributed by atoms with van der Waals surface area (Å²) in [5, 5.41) is 11.3. The molecular formula is C32H32F3NO5. The predicted molar refractivity (Wildman–Crippen MR) is 150 cm³/mol. The van der Waals surface area contributed by atoms with E-state index in [0.29, 0.717) is 17.2 Å². The first-order chi connectivity index (χ1) is 19.7. The summed E-state index contributed by atoms with van der Waals surface area (Å²) >= 11 is 0. The van der Waals surface area contributed by atoms with Gasteiger partial charge >= 0.3 is 12.3 Å². The lowest BCUT2D eigenvalue weighted by Crippen LogP contribution is -2.25. The van der Waals surface area contributed by atoms with Gasteiger partial charge in [-0.15, -0.1) is 13.2 Å². The summed E-state index contributed by atoms with van der Waals surface area (Å²) in [5.74, 6) is -0.726. The van der Waals surface area contributed by atoms with Crippen LogP contribution in [-0.2, 0) is 4.79 Å². The molecule has 0 heterocycles. The Morgan fingerprint density at radius 2 is 1.46 bits per heavy atom. The number of hydrogen-bond acceptors (Lipinski definition) is 4. The number of alkyl halides is 3. The predicted octanol–water partition coefficient (Wildman–Crippen LogP) is 7.46. The first-order valence-corrected chi connectivity index (χ1v) is 13.6. The lowest BCUT2D eigenvalue weighted by Gasteiger charge is -2.22. The summed E-state index contributed by atoms with van der Waals surface area (Å²) in [5.41, 5.74) is 4.32. The van der Waals surface area contributed by atoms with Gasteiger partial charge in [0.2, 0.25) is 0 Å². The normalized spacial score (nSPS) is 14.4. The van der Waals surface area contributed by atoms with Crippen LogP contribution in [-0.4, -0.2) is 36.5 Å². The second-order valence-corrected chi connectivity index (χ2v) is 9.96. The van der Waals surface area contributed by atoms with Crippen LogP contribution in [0, 0.1) is 0 Å². The molecule has 4 rings (SSSR count). The number of carboxylic acid groups (broad SMARTS) is 1. The Kier molecular flexibility index (Phi) is 10.1. The number of ether oxygens (including phenoxy) is 2. The first kappa shape index (κ1) is 29.7. The number of hydrogen-bond donors (Lipinski definition) is 2. The molecule has 0 unspecified atom stereocenters. The number of carboxylic acids is 1. The number of carbonyl (C=O) groups is 2. The molecule has 0 aliphatic heterocycles. The Hall–Kier alpha value is -4.27. The van der Waals surface area contributed by atoms with Crippen LogP contribution in [0.5, 0.6) is 11.5 Å². The van der Waals surface area contributed by atoms with E-state index in [9.17, 15) is 22.8 Å². The standard InChI is InChI=1S/C32H32F3NO5/c33-32(34,35)41-29-16-14-28(15-17-29)40-21-27(25-12-10-24(11-13-25)23-4-2-1-3-5-23)20-22-6-8-26(9-7-22)31(39)36-19-18-30(37)38/h6-17,20,23H,1-5,18-19,21H2,(H,36,39)(H,37,38). The van der Waals surface area contributed by atoms with Crippen molar-refractivity contribution in [3.63, 3.8) is 0 Å². The van der Waals surface area contributed by atoms with E-state index in [4.69, 9.17) is 9.84 Å². The first-order valence-electron chi connectivity index (χ1n) is 13.6. The number of aliphatic carboxylic acids is 1. The second kappa shape index (κ2) is 13.9. The molecule has 0 saturated heterocycles. The highest BCUT2D eigenvalue weighted by Crippen LogP contribution is 2.33. The molecule has 2 N–H and O–H groups in total. The zero-order valence-electron chi connectivity index (χ0n) is 22.5. The molecule has 1 aliphatic carbocycles. The molecule has 0 radical (unpaired) electrons. The third-order valence-electron chi connectivity index (χ3n) is 6.95. The summed E-state index contributed by atoms with van der Waals surface area (Å²) in [4.78, 5) is 23.0. The lowest BCUT2D eigenvalue weighted by molar-refractivity contribution is -0.274. The average Bonchev–Trinajstić information content (AvgIpc) is 2.96. The van der Waals surface area contributed by atoms with Gasteiger partial charge in [0.25, 0.3) is 5.91 Å². The minimum Gasteiger partial charge on any atom is -0.489 e. The molecule has 9 heteroatoms. The van der Waals surface area contributed by atoms with Crippen molar-refractivity contribution in [1.29, 1.82) is 0 Å². The van der Waals surface area contributed by atoms with Gasteiger partial charge in [0.05, 0.1) is 6.42 Å². The maximum Gasteiger partial charge on any atom is 0.573 e. The number of nitrogens with one attached hydrogen (secondary N) is 1. The molecule has 0 aromatic heterocycles. The maximum atomic E-state index is 12.5. The van der Waals surface area contributed by atoms with Crippen LogP contribution in [0.2, 0.25) is 0 Å². The van der Waals surface area contributed by atoms with Crippen molar-refractivity contribution in [2.75, 3.05) is 13.2 Å². The minimum atomic E-state index is -4.77. The average molecular weight is 568 g/mol. The Balaban J connectivity index is 1.51. The van der Waals surface area contributed by atoms with Crippen molar-refractivity contribution in [1.82, 2.24) is 5.32 Å². The molecule has 216 valence electrons. The van der Waals surface area contributed by atoms with E-state index in [2.05, 4.69) is 34.3 Å². The lowest BCUT2D eigenvalue weighted by atomic mass is 9.83. The molecule has 1 fully saturated rings. The SMILES string of the molecule is O=C(O)CCNC(=O)c1ccc(C=C(COc2ccc(OC(F)(F)F)cc2)c2ccc(C3CCCCC3)cc2)cc1. The minimum absolute atomic E-state index is 0.0392. The van der Waals surface area contributed by atoms with Crippen molar-refractivity contribution >= 4 is 23.5 Å². The van der Waals surface area contributed by atoms with E-state index in [1.54, 1.807) is 24.3 Å². The fourth-order valence-electron chi connectivity index (χ4n) is 4.83. The monoisotopic (exact) mass is 567 g/mol. The molecule has 6 nitrogen and oxygen atoms in total. The second-order valence-electron chi connectivity index (χ2n) is 9.96. The Morgan fingerprint density at radius 1 is 0.854 bits per heavy atom. The maximum absolute atomic E-state index is 12.5. The van der Waals surface area contributed by atoms with Gasteiger partial charge in [0.15, 0.2) is 0 Å². The van der Waals surface area contributed by atoms with Crippen molar-refractivity contribution in [2.45, 2.75) is 50.8 Å². The smallest absolute Gasteiger partial charge is 0.489 e. The van der Waals surface area contributed by atoms with E-state index >= 15 is 0 Å². The van der Waals surface area contributed by atoms with Crippen molar-refractivity contribution in [3.05, 3.63) is 95.1 Å². The van der Waals surface area contributed by atoms with Gasteiger partial charge in [-0.05, 0) is 83.5 Å². The Labute approximate surface area is 236 Å². The number of carbonyl (C=O) groups excluding carboxylic acids is 1. The molecule has 1 aliphatic rings. The highest BCUT2D eigenvalue weighted by Gasteiger charge is 2.31. The zero-order chi connectivity index (χ0) is 29.2. The molecule has 0 atom stereocenters. The van der Waals surface area contributed by atoms with E-state index in [1.165, 1.54) is 61.9 Å². The van der Waals surface area contributed by atoms with Gasteiger partial charge in [-0.2, -0.15) is 0 Å². The van der Waals surface area contributed by atoms with E-state index in [1.807, 2.05) is 6.08 Å². The van der Waals surface area contributed by atoms with Crippen LogP contribution in [0.15, 0.2) is 72.8 Å². The highest BCUT2D eigenvalue weighted by atomic mass is 19.4. The summed E-state index contributed by atoms with van der Waals surface area (Å²) < 4.78 is 47.3. The zero-order valence-corrected chi connectivity index (χ0v) is 22.5. The molecule has 1 saturated carbocycles. The fourth-order valence-corrected chi connectivity index (χ4v) is 4.83. The molecule has 41 heavy (non-hydrogen) atoms. The molecular weight excluding hydrogens is 535 g/mol. The molecule has 0 spiro atoms. The van der Waals surface area contributed by atoms with Gasteiger partial charge in [-0.1, -0.05) is 55.7 Å². The Morgan fingerprint density at radius 3 is 2.07 bits per heavy atom. The van der Waals surface area contributed by atoms with Crippen LogP contribution in [0.3, 0.4) is 0 Å². The quantitative estimate of drug-likeness (QED) is 0.235. The number of rotatable bonds is 11. The van der Waals surface area contributed by atoms with Crippen LogP contribution >= 0.6 is 0 Å². The molecule has 0 bridgehead atoms. The van der Waals surface area contributed by atoms with E-state index < -0.39 is 12.3 Å². The summed E-state index contributed by atoms with van der Waals surface area (Å²) in [6.07, 6.45) is 3.15. The van der Waals surface area contributed by atoms with Crippen LogP contribution < -0.4 is 14.8 Å². The third kappa shape index (κ3) is 9.41. The number of benzene rings is 3. The fraction of sp³-hybridized carbons (Fsp3) is 0.312. The van der Waals surface area contributed by atoms with Crippen molar-refractivity contribution in [3.8, 4) is 11.5 Å². The largest absolute Gasteiger partial charge is 0.573 e. The molecule has 1 amide bonds. The van der Waals surface area contributed by atoms with E-state index in [0.717, 1.165) is 16.7 Å². The van der Waals surface area contributed by atoms with Gasteiger partial charge < -0.3 is 19.9 Å². The van der Waals surface area contributed by atoms with Crippen LogP contribution in [0.4, 0.5) is 13.2 Å². The molecule has 3 aromatic carbocycles. The molecule has 3 aromatic rings. The topological polar surface area (TPSA) is 84.9 Å². The van der Waals surface area contributed by atoms with Gasteiger partial charge in [-0.25, -0.2) is 0 Å². The van der Waals surface area contributed by atoms with Gasteiger partial charge in [0.1, 0.15) is 18.1 Å². The van der Waals surface area contributed by atoms with Gasteiger partial charge in [0, 0.05) is 12.1 Å². The van der Waals surface area contributed by atoms with Gasteiger partial charge in [-0.3, -0.25) is 9.59 Å². The van der Waals surface area contributed by atoms with Crippen LogP contribution in [0.25, 0.3) is 11.6 Å². The number of halogens is 3. The third-order valence-corrected chi connectivity index (χ3v) is 6.95. The summed E-state index contributed by atoms with van der Waals surface area (Å²) in [6, 6.07) is 20.5. The Bertz CT molecular complexity index is 1330. The summed E-state index contributed by atoms with van der Waals surface area (Å²) in [6.45, 7) is 0.192. The number of amides is 1. The summed E-state index contributed by atoms with van der Waals surface area (Å²) in [7, 11) is 0. The van der Waals surface area contributed by atoms with Crippen LogP contribution in [0.1, 0.15) is 71.5 Å². The highest BCUT2D eigenvalue weighted by molar-refractivity contribution is 5.94. The van der Waals surface area contributed by atoms with Crippen molar-refractivity contribution < 1.29 is 37.3 Å².